The number of sulfonamides is 1. The summed E-state index contributed by atoms with van der Waals surface area (Å²) in [5, 5.41) is 2.54. The molecule has 0 aliphatic heterocycles. The van der Waals surface area contributed by atoms with E-state index in [0.717, 1.165) is 12.1 Å². The van der Waals surface area contributed by atoms with E-state index in [2.05, 4.69) is 10.0 Å². The van der Waals surface area contributed by atoms with Crippen molar-refractivity contribution >= 4 is 15.9 Å². The number of rotatable bonds is 6. The van der Waals surface area contributed by atoms with Crippen LogP contribution >= 0.6 is 0 Å². The molecule has 0 aliphatic rings. The topological polar surface area (TPSA) is 75.3 Å². The van der Waals surface area contributed by atoms with Crippen LogP contribution in [0.15, 0.2) is 53.4 Å². The molecule has 0 saturated heterocycles. The zero-order chi connectivity index (χ0) is 16.9. The van der Waals surface area contributed by atoms with Gasteiger partial charge in [-0.2, -0.15) is 0 Å². The summed E-state index contributed by atoms with van der Waals surface area (Å²) in [6.45, 7) is -0.0312. The lowest BCUT2D eigenvalue weighted by molar-refractivity contribution is 0.0954. The highest BCUT2D eigenvalue weighted by molar-refractivity contribution is 7.89. The van der Waals surface area contributed by atoms with E-state index in [1.807, 2.05) is 0 Å². The van der Waals surface area contributed by atoms with Crippen molar-refractivity contribution in [3.8, 4) is 0 Å². The Labute approximate surface area is 132 Å². The molecule has 0 fully saturated rings. The smallest absolute Gasteiger partial charge is 0.251 e. The van der Waals surface area contributed by atoms with Crippen molar-refractivity contribution in [2.24, 2.45) is 0 Å². The van der Waals surface area contributed by atoms with E-state index in [9.17, 15) is 22.0 Å². The van der Waals surface area contributed by atoms with Gasteiger partial charge in [0.15, 0.2) is 11.6 Å². The Kier molecular flexibility index (Phi) is 5.41. The van der Waals surface area contributed by atoms with E-state index in [0.29, 0.717) is 11.6 Å². The molecule has 2 aromatic carbocycles. The molecule has 2 aromatic rings. The van der Waals surface area contributed by atoms with E-state index >= 15 is 0 Å². The number of halogens is 2. The van der Waals surface area contributed by atoms with Gasteiger partial charge in [0.25, 0.3) is 5.91 Å². The predicted molar refractivity (Wildman–Crippen MR) is 80.3 cm³/mol. The molecule has 5 nitrogen and oxygen atoms in total. The van der Waals surface area contributed by atoms with Gasteiger partial charge in [0.1, 0.15) is 0 Å². The highest BCUT2D eigenvalue weighted by atomic mass is 32.2. The van der Waals surface area contributed by atoms with Gasteiger partial charge in [0.05, 0.1) is 4.90 Å². The second-order valence-electron chi connectivity index (χ2n) is 4.60. The van der Waals surface area contributed by atoms with Crippen molar-refractivity contribution in [3.63, 3.8) is 0 Å². The number of carbonyl (C=O) groups excluding carboxylic acids is 1. The first kappa shape index (κ1) is 17.0. The molecule has 0 saturated carbocycles. The fourth-order valence-corrected chi connectivity index (χ4v) is 2.82. The van der Waals surface area contributed by atoms with Crippen LogP contribution in [0.3, 0.4) is 0 Å². The van der Waals surface area contributed by atoms with Crippen molar-refractivity contribution in [1.82, 2.24) is 10.0 Å². The van der Waals surface area contributed by atoms with E-state index in [1.54, 1.807) is 30.3 Å². The van der Waals surface area contributed by atoms with Crippen molar-refractivity contribution in [1.29, 1.82) is 0 Å². The molecule has 1 amide bonds. The lowest BCUT2D eigenvalue weighted by atomic mass is 10.2. The molecule has 0 atom stereocenters. The summed E-state index contributed by atoms with van der Waals surface area (Å²) in [4.78, 5) is 11.4. The lowest BCUT2D eigenvalue weighted by Gasteiger charge is -2.08. The molecular weight excluding hydrogens is 326 g/mol. The summed E-state index contributed by atoms with van der Waals surface area (Å²) in [7, 11) is -3.97. The fourth-order valence-electron chi connectivity index (χ4n) is 1.78. The van der Waals surface area contributed by atoms with Crippen molar-refractivity contribution in [2.45, 2.75) is 4.90 Å². The third-order valence-electron chi connectivity index (χ3n) is 2.94. The highest BCUT2D eigenvalue weighted by Gasteiger charge is 2.16. The molecule has 0 heterocycles. The first-order valence-electron chi connectivity index (χ1n) is 6.68. The predicted octanol–water partition coefficient (Wildman–Crippen LogP) is 1.67. The molecule has 8 heteroatoms. The minimum Gasteiger partial charge on any atom is -0.351 e. The van der Waals surface area contributed by atoms with Crippen LogP contribution in [0.4, 0.5) is 8.78 Å². The standard InChI is InChI=1S/C15H14F2N2O3S/c16-13-7-6-12(10-14(13)17)23(21,22)19-9-8-18-15(20)11-4-2-1-3-5-11/h1-7,10,19H,8-9H2,(H,18,20). The molecule has 0 aliphatic carbocycles. The van der Waals surface area contributed by atoms with Crippen LogP contribution in [0, 0.1) is 11.6 Å². The maximum absolute atomic E-state index is 13.1. The minimum absolute atomic E-state index is 0.0522. The first-order valence-corrected chi connectivity index (χ1v) is 8.16. The Balaban J connectivity index is 1.88. The summed E-state index contributed by atoms with van der Waals surface area (Å²) in [5.74, 6) is -2.71. The van der Waals surface area contributed by atoms with Gasteiger partial charge in [-0.3, -0.25) is 4.79 Å². The van der Waals surface area contributed by atoms with Crippen LogP contribution in [0.25, 0.3) is 0 Å². The maximum Gasteiger partial charge on any atom is 0.251 e. The number of carbonyl (C=O) groups is 1. The molecule has 0 aromatic heterocycles. The van der Waals surface area contributed by atoms with Gasteiger partial charge in [-0.25, -0.2) is 21.9 Å². The largest absolute Gasteiger partial charge is 0.351 e. The fraction of sp³-hybridized carbons (Fsp3) is 0.133. The van der Waals surface area contributed by atoms with Crippen molar-refractivity contribution in [2.75, 3.05) is 13.1 Å². The van der Waals surface area contributed by atoms with Crippen LogP contribution in [0.2, 0.25) is 0 Å². The Bertz CT molecular complexity index is 796. The summed E-state index contributed by atoms with van der Waals surface area (Å²) < 4.78 is 51.9. The van der Waals surface area contributed by atoms with Gasteiger partial charge in [-0.15, -0.1) is 0 Å². The SMILES string of the molecule is O=C(NCCNS(=O)(=O)c1ccc(F)c(F)c1)c1ccccc1. The number of hydrogen-bond donors (Lipinski definition) is 2. The average molecular weight is 340 g/mol. The van der Waals surface area contributed by atoms with Crippen molar-refractivity contribution < 1.29 is 22.0 Å². The summed E-state index contributed by atoms with van der Waals surface area (Å²) in [6.07, 6.45) is 0. The van der Waals surface area contributed by atoms with E-state index < -0.39 is 21.7 Å². The average Bonchev–Trinajstić information content (AvgIpc) is 2.54. The Hall–Kier alpha value is -2.32. The quantitative estimate of drug-likeness (QED) is 0.786. The molecular formula is C15H14F2N2O3S. The molecule has 2 N–H and O–H groups in total. The molecule has 23 heavy (non-hydrogen) atoms. The Morgan fingerprint density at radius 1 is 0.957 bits per heavy atom. The number of benzene rings is 2. The van der Waals surface area contributed by atoms with Gasteiger partial charge in [-0.05, 0) is 30.3 Å². The van der Waals surface area contributed by atoms with Crippen LogP contribution in [-0.4, -0.2) is 27.4 Å². The zero-order valence-electron chi connectivity index (χ0n) is 11.9. The number of nitrogens with one attached hydrogen (secondary N) is 2. The third-order valence-corrected chi connectivity index (χ3v) is 4.40. The normalized spacial score (nSPS) is 11.2. The molecule has 0 unspecified atom stereocenters. The van der Waals surface area contributed by atoms with E-state index in [1.165, 1.54) is 0 Å². The van der Waals surface area contributed by atoms with Gasteiger partial charge in [-0.1, -0.05) is 18.2 Å². The van der Waals surface area contributed by atoms with E-state index in [-0.39, 0.29) is 23.9 Å². The van der Waals surface area contributed by atoms with Gasteiger partial charge >= 0.3 is 0 Å². The summed E-state index contributed by atoms with van der Waals surface area (Å²) in [5.41, 5.74) is 0.455. The zero-order valence-corrected chi connectivity index (χ0v) is 12.7. The summed E-state index contributed by atoms with van der Waals surface area (Å²) in [6, 6.07) is 10.7. The first-order chi connectivity index (χ1) is 10.9. The van der Waals surface area contributed by atoms with Crippen LogP contribution < -0.4 is 10.0 Å². The summed E-state index contributed by atoms with van der Waals surface area (Å²) >= 11 is 0. The number of amides is 1. The molecule has 2 rings (SSSR count). The third kappa shape index (κ3) is 4.57. The minimum atomic E-state index is -3.97. The molecule has 122 valence electrons. The van der Waals surface area contributed by atoms with Crippen LogP contribution in [0.1, 0.15) is 10.4 Å². The Morgan fingerprint density at radius 2 is 1.65 bits per heavy atom. The maximum atomic E-state index is 13.1. The lowest BCUT2D eigenvalue weighted by Crippen LogP contribution is -2.34. The second kappa shape index (κ2) is 7.30. The second-order valence-corrected chi connectivity index (χ2v) is 6.36. The monoisotopic (exact) mass is 340 g/mol. The Morgan fingerprint density at radius 3 is 2.30 bits per heavy atom. The molecule has 0 spiro atoms. The van der Waals surface area contributed by atoms with Gasteiger partial charge < -0.3 is 5.32 Å². The molecule has 0 bridgehead atoms. The van der Waals surface area contributed by atoms with Gasteiger partial charge in [0, 0.05) is 18.7 Å². The van der Waals surface area contributed by atoms with Crippen LogP contribution in [-0.2, 0) is 10.0 Å². The van der Waals surface area contributed by atoms with E-state index in [4.69, 9.17) is 0 Å². The molecule has 0 radical (unpaired) electrons. The van der Waals surface area contributed by atoms with Crippen LogP contribution in [0.5, 0.6) is 0 Å². The highest BCUT2D eigenvalue weighted by Crippen LogP contribution is 2.13. The van der Waals surface area contributed by atoms with Gasteiger partial charge in [0.2, 0.25) is 10.0 Å². The number of hydrogen-bond acceptors (Lipinski definition) is 3. The van der Waals surface area contributed by atoms with Crippen molar-refractivity contribution in [3.05, 3.63) is 65.7 Å².